The third-order valence-corrected chi connectivity index (χ3v) is 5.69. The molecule has 3 rings (SSSR count). The number of aliphatic hydroxyl groups is 1. The van der Waals surface area contributed by atoms with Gasteiger partial charge in [0.15, 0.2) is 5.16 Å². The Hall–Kier alpha value is -2.51. The maximum Gasteiger partial charge on any atom is 0.221 e. The molecular formula is C23H29N3O3S. The summed E-state index contributed by atoms with van der Waals surface area (Å²) in [5, 5.41) is 14.0. The first-order chi connectivity index (χ1) is 14.4. The van der Waals surface area contributed by atoms with Crippen LogP contribution in [0.1, 0.15) is 27.2 Å². The summed E-state index contributed by atoms with van der Waals surface area (Å²) in [6.45, 7) is 7.01. The molecule has 0 spiro atoms. The Balaban J connectivity index is 1.56. The van der Waals surface area contributed by atoms with Crippen molar-refractivity contribution in [2.45, 2.75) is 45.0 Å². The maximum atomic E-state index is 11.1. The average Bonchev–Trinajstić information content (AvgIpc) is 3.07. The molecule has 0 aliphatic carbocycles. The number of hydrogen-bond acceptors (Lipinski definition) is 5. The fraction of sp³-hybridized carbons (Fsp3) is 0.391. The lowest BCUT2D eigenvalue weighted by Gasteiger charge is -2.14. The first kappa shape index (κ1) is 22.2. The number of rotatable bonds is 10. The highest BCUT2D eigenvalue weighted by atomic mass is 32.2. The number of ether oxygens (including phenoxy) is 1. The molecule has 1 amide bonds. The van der Waals surface area contributed by atoms with Crippen molar-refractivity contribution < 1.29 is 14.6 Å². The number of amides is 1. The van der Waals surface area contributed by atoms with Gasteiger partial charge in [-0.05, 0) is 48.7 Å². The number of fused-ring (bicyclic) bond motifs is 1. The average molecular weight is 428 g/mol. The first-order valence-electron chi connectivity index (χ1n) is 10.2. The standard InChI is InChI=1S/C23H29N3O3S/c1-16(2)12-13-26-22-7-5-4-6-21(22)25-23(26)30-15-19(28)14-29-20-10-8-18(9-11-20)24-17(3)27/h4-11,16,19,28H,12-15H2,1-3H3,(H,24,27). The second-order valence-corrected chi connectivity index (χ2v) is 8.69. The topological polar surface area (TPSA) is 76.4 Å². The molecule has 0 fully saturated rings. The van der Waals surface area contributed by atoms with Crippen molar-refractivity contribution in [1.82, 2.24) is 9.55 Å². The van der Waals surface area contributed by atoms with Crippen LogP contribution in [0.3, 0.4) is 0 Å². The number of thioether (sulfide) groups is 1. The molecule has 7 heteroatoms. The fourth-order valence-corrected chi connectivity index (χ4v) is 3.96. The molecule has 0 aliphatic rings. The molecule has 2 N–H and O–H groups in total. The highest BCUT2D eigenvalue weighted by molar-refractivity contribution is 7.99. The van der Waals surface area contributed by atoms with Gasteiger partial charge in [-0.1, -0.05) is 37.7 Å². The molecule has 2 aromatic carbocycles. The van der Waals surface area contributed by atoms with Crippen molar-refractivity contribution in [1.29, 1.82) is 0 Å². The Bertz CT molecular complexity index is 969. The van der Waals surface area contributed by atoms with Crippen LogP contribution in [0.4, 0.5) is 5.69 Å². The first-order valence-corrected chi connectivity index (χ1v) is 11.2. The number of benzene rings is 2. The van der Waals surface area contributed by atoms with Crippen LogP contribution in [0.5, 0.6) is 5.75 Å². The number of aromatic nitrogens is 2. The summed E-state index contributed by atoms with van der Waals surface area (Å²) in [5.41, 5.74) is 2.82. The lowest BCUT2D eigenvalue weighted by Crippen LogP contribution is -2.20. The van der Waals surface area contributed by atoms with Gasteiger partial charge in [0.2, 0.25) is 5.91 Å². The smallest absolute Gasteiger partial charge is 0.221 e. The van der Waals surface area contributed by atoms with Crippen LogP contribution in [0.25, 0.3) is 11.0 Å². The highest BCUT2D eigenvalue weighted by Gasteiger charge is 2.14. The van der Waals surface area contributed by atoms with Gasteiger partial charge in [-0.25, -0.2) is 4.98 Å². The molecule has 160 valence electrons. The third kappa shape index (κ3) is 6.24. The van der Waals surface area contributed by atoms with Gasteiger partial charge in [-0.3, -0.25) is 4.79 Å². The van der Waals surface area contributed by atoms with Crippen LogP contribution in [0.2, 0.25) is 0 Å². The van der Waals surface area contributed by atoms with E-state index in [1.807, 2.05) is 18.2 Å². The zero-order chi connectivity index (χ0) is 21.5. The van der Waals surface area contributed by atoms with Crippen LogP contribution in [-0.2, 0) is 11.3 Å². The number of carbonyl (C=O) groups is 1. The van der Waals surface area contributed by atoms with Crippen molar-refractivity contribution in [2.24, 2.45) is 5.92 Å². The molecule has 0 aliphatic heterocycles. The lowest BCUT2D eigenvalue weighted by molar-refractivity contribution is -0.114. The van der Waals surface area contributed by atoms with E-state index < -0.39 is 6.10 Å². The monoisotopic (exact) mass is 427 g/mol. The Morgan fingerprint density at radius 2 is 1.93 bits per heavy atom. The number of para-hydroxylation sites is 2. The Labute approximate surface area is 181 Å². The summed E-state index contributed by atoms with van der Waals surface area (Å²) < 4.78 is 7.93. The van der Waals surface area contributed by atoms with E-state index in [9.17, 15) is 9.90 Å². The maximum absolute atomic E-state index is 11.1. The number of anilines is 1. The van der Waals surface area contributed by atoms with Gasteiger partial charge in [-0.2, -0.15) is 0 Å². The normalized spacial score (nSPS) is 12.3. The van der Waals surface area contributed by atoms with E-state index in [4.69, 9.17) is 9.72 Å². The number of nitrogens with zero attached hydrogens (tertiary/aromatic N) is 2. The fourth-order valence-electron chi connectivity index (χ4n) is 3.02. The summed E-state index contributed by atoms with van der Waals surface area (Å²) in [4.78, 5) is 15.8. The summed E-state index contributed by atoms with van der Waals surface area (Å²) in [6, 6.07) is 15.2. The van der Waals surface area contributed by atoms with E-state index in [1.165, 1.54) is 6.92 Å². The molecule has 0 saturated carbocycles. The minimum absolute atomic E-state index is 0.115. The predicted molar refractivity (Wildman–Crippen MR) is 122 cm³/mol. The van der Waals surface area contributed by atoms with Gasteiger partial charge in [0, 0.05) is 24.9 Å². The number of aliphatic hydroxyl groups excluding tert-OH is 1. The van der Waals surface area contributed by atoms with E-state index in [1.54, 1.807) is 36.0 Å². The zero-order valence-electron chi connectivity index (χ0n) is 17.7. The molecule has 0 radical (unpaired) electrons. The van der Waals surface area contributed by atoms with Gasteiger partial charge in [0.1, 0.15) is 12.4 Å². The molecule has 0 bridgehead atoms. The number of hydrogen-bond donors (Lipinski definition) is 2. The van der Waals surface area contributed by atoms with E-state index in [2.05, 4.69) is 29.8 Å². The Kier molecular flexibility index (Phi) is 7.76. The molecule has 1 atom stereocenters. The molecule has 6 nitrogen and oxygen atoms in total. The highest BCUT2D eigenvalue weighted by Crippen LogP contribution is 2.26. The van der Waals surface area contributed by atoms with Crippen molar-refractivity contribution in [3.8, 4) is 5.75 Å². The molecule has 30 heavy (non-hydrogen) atoms. The van der Waals surface area contributed by atoms with Crippen LogP contribution in [-0.4, -0.2) is 39.0 Å². The molecule has 0 saturated heterocycles. The quantitative estimate of drug-likeness (QED) is 0.464. The van der Waals surface area contributed by atoms with Crippen LogP contribution in [0.15, 0.2) is 53.7 Å². The van der Waals surface area contributed by atoms with E-state index in [0.29, 0.717) is 23.1 Å². The molecule has 1 heterocycles. The second-order valence-electron chi connectivity index (χ2n) is 7.70. The van der Waals surface area contributed by atoms with Gasteiger partial charge in [0.05, 0.1) is 17.1 Å². The summed E-state index contributed by atoms with van der Waals surface area (Å²) >= 11 is 1.55. The summed E-state index contributed by atoms with van der Waals surface area (Å²) in [7, 11) is 0. The van der Waals surface area contributed by atoms with Crippen molar-refractivity contribution in [2.75, 3.05) is 17.7 Å². The number of nitrogens with one attached hydrogen (secondary N) is 1. The number of imidazole rings is 1. The van der Waals surface area contributed by atoms with Gasteiger partial charge in [-0.15, -0.1) is 0 Å². The molecular weight excluding hydrogens is 398 g/mol. The predicted octanol–water partition coefficient (Wildman–Crippen LogP) is 4.57. The minimum atomic E-state index is -0.622. The van der Waals surface area contributed by atoms with Crippen LogP contribution < -0.4 is 10.1 Å². The van der Waals surface area contributed by atoms with Gasteiger partial charge >= 0.3 is 0 Å². The third-order valence-electron chi connectivity index (χ3n) is 4.57. The van der Waals surface area contributed by atoms with E-state index >= 15 is 0 Å². The van der Waals surface area contributed by atoms with Crippen LogP contribution in [0, 0.1) is 5.92 Å². The lowest BCUT2D eigenvalue weighted by atomic mass is 10.1. The van der Waals surface area contributed by atoms with Gasteiger partial charge < -0.3 is 19.7 Å². The number of aryl methyl sites for hydroxylation is 1. The summed E-state index contributed by atoms with van der Waals surface area (Å²) in [6.07, 6.45) is 0.456. The van der Waals surface area contributed by atoms with E-state index in [0.717, 1.165) is 29.2 Å². The minimum Gasteiger partial charge on any atom is -0.491 e. The largest absolute Gasteiger partial charge is 0.491 e. The summed E-state index contributed by atoms with van der Waals surface area (Å²) in [5.74, 6) is 1.64. The Morgan fingerprint density at radius 3 is 2.63 bits per heavy atom. The van der Waals surface area contributed by atoms with Gasteiger partial charge in [0.25, 0.3) is 0 Å². The SMILES string of the molecule is CC(=O)Nc1ccc(OCC(O)CSc2nc3ccccc3n2CCC(C)C)cc1. The van der Waals surface area contributed by atoms with E-state index in [-0.39, 0.29) is 12.5 Å². The zero-order valence-corrected chi connectivity index (χ0v) is 18.5. The molecule has 1 unspecified atom stereocenters. The van der Waals surface area contributed by atoms with Crippen molar-refractivity contribution in [3.63, 3.8) is 0 Å². The molecule has 1 aromatic heterocycles. The molecule has 3 aromatic rings. The van der Waals surface area contributed by atoms with Crippen molar-refractivity contribution in [3.05, 3.63) is 48.5 Å². The second kappa shape index (κ2) is 10.5. The number of carbonyl (C=O) groups excluding carboxylic acids is 1. The Morgan fingerprint density at radius 1 is 1.20 bits per heavy atom. The van der Waals surface area contributed by atoms with Crippen molar-refractivity contribution >= 4 is 34.4 Å². The van der Waals surface area contributed by atoms with Crippen LogP contribution >= 0.6 is 11.8 Å².